The van der Waals surface area contributed by atoms with E-state index in [9.17, 15) is 13.2 Å². The van der Waals surface area contributed by atoms with Crippen LogP contribution in [0.3, 0.4) is 0 Å². The lowest BCUT2D eigenvalue weighted by molar-refractivity contribution is -0.119. The van der Waals surface area contributed by atoms with E-state index in [4.69, 9.17) is 0 Å². The number of carbonyl (C=O) groups excluding carboxylic acids is 1. The normalized spacial score (nSPS) is 18.1. The number of carbonyl (C=O) groups is 1. The Kier molecular flexibility index (Phi) is 4.92. The van der Waals surface area contributed by atoms with Crippen molar-refractivity contribution >= 4 is 21.6 Å². The van der Waals surface area contributed by atoms with Gasteiger partial charge in [-0.3, -0.25) is 4.79 Å². The van der Waals surface area contributed by atoms with Crippen LogP contribution < -0.4 is 4.90 Å². The number of nitrogens with zero attached hydrogens (tertiary/aromatic N) is 2. The summed E-state index contributed by atoms with van der Waals surface area (Å²) >= 11 is 0. The van der Waals surface area contributed by atoms with Gasteiger partial charge in [0.1, 0.15) is 0 Å². The predicted molar refractivity (Wildman–Crippen MR) is 88.3 cm³/mol. The average molecular weight is 324 g/mol. The highest BCUT2D eigenvalue weighted by molar-refractivity contribution is 7.88. The van der Waals surface area contributed by atoms with Gasteiger partial charge in [-0.05, 0) is 30.9 Å². The molecule has 1 aliphatic heterocycles. The first-order chi connectivity index (χ1) is 10.2. The molecule has 0 radical (unpaired) electrons. The van der Waals surface area contributed by atoms with Gasteiger partial charge in [-0.1, -0.05) is 32.0 Å². The zero-order chi connectivity index (χ0) is 16.5. The molecule has 1 aliphatic rings. The number of fused-ring (bicyclic) bond motifs is 1. The van der Waals surface area contributed by atoms with Gasteiger partial charge in [0.25, 0.3) is 0 Å². The van der Waals surface area contributed by atoms with Gasteiger partial charge in [-0.25, -0.2) is 8.42 Å². The quantitative estimate of drug-likeness (QED) is 0.831. The minimum Gasteiger partial charge on any atom is -0.308 e. The van der Waals surface area contributed by atoms with E-state index < -0.39 is 10.0 Å². The summed E-state index contributed by atoms with van der Waals surface area (Å²) in [6.45, 7) is 6.13. The minimum atomic E-state index is -3.39. The van der Waals surface area contributed by atoms with Crippen LogP contribution in [-0.4, -0.2) is 44.0 Å². The molecule has 0 spiro atoms. The Balaban J connectivity index is 2.21. The summed E-state index contributed by atoms with van der Waals surface area (Å²) in [6, 6.07) is 7.86. The number of rotatable bonds is 5. The van der Waals surface area contributed by atoms with Crippen LogP contribution in [0.25, 0.3) is 0 Å². The van der Waals surface area contributed by atoms with Gasteiger partial charge < -0.3 is 4.90 Å². The Bertz CT molecular complexity index is 655. The summed E-state index contributed by atoms with van der Waals surface area (Å²) in [5.41, 5.74) is 2.04. The van der Waals surface area contributed by atoms with Crippen molar-refractivity contribution in [3.05, 3.63) is 29.8 Å². The Morgan fingerprint density at radius 2 is 2.00 bits per heavy atom. The predicted octanol–water partition coefficient (Wildman–Crippen LogP) is 1.88. The summed E-state index contributed by atoms with van der Waals surface area (Å²) in [6.07, 6.45) is 1.97. The van der Waals surface area contributed by atoms with Crippen molar-refractivity contribution in [1.82, 2.24) is 4.31 Å². The molecule has 2 rings (SSSR count). The molecular weight excluding hydrogens is 300 g/mol. The second-order valence-electron chi connectivity index (χ2n) is 6.39. The van der Waals surface area contributed by atoms with Gasteiger partial charge in [0.15, 0.2) is 0 Å². The lowest BCUT2D eigenvalue weighted by Crippen LogP contribution is -2.45. The summed E-state index contributed by atoms with van der Waals surface area (Å²) in [5.74, 6) is 0.00865. The van der Waals surface area contributed by atoms with Crippen LogP contribution in [0.1, 0.15) is 26.3 Å². The second-order valence-corrected chi connectivity index (χ2v) is 8.38. The summed E-state index contributed by atoms with van der Waals surface area (Å²) in [5, 5.41) is 0. The van der Waals surface area contributed by atoms with Crippen molar-refractivity contribution in [1.29, 1.82) is 0 Å². The van der Waals surface area contributed by atoms with Crippen molar-refractivity contribution in [2.24, 2.45) is 5.92 Å². The number of benzene rings is 1. The first kappa shape index (κ1) is 17.0. The van der Waals surface area contributed by atoms with E-state index in [1.54, 1.807) is 4.90 Å². The zero-order valence-corrected chi connectivity index (χ0v) is 14.4. The highest BCUT2D eigenvalue weighted by Crippen LogP contribution is 2.31. The Hall–Kier alpha value is -1.40. The summed E-state index contributed by atoms with van der Waals surface area (Å²) in [7, 11) is -3.39. The van der Waals surface area contributed by atoms with Crippen LogP contribution in [0.4, 0.5) is 5.69 Å². The van der Waals surface area contributed by atoms with E-state index in [1.165, 1.54) is 4.31 Å². The van der Waals surface area contributed by atoms with E-state index in [-0.39, 0.29) is 24.4 Å². The molecule has 1 aromatic rings. The summed E-state index contributed by atoms with van der Waals surface area (Å²) < 4.78 is 25.1. The molecule has 1 heterocycles. The first-order valence-electron chi connectivity index (χ1n) is 7.55. The molecule has 1 unspecified atom stereocenters. The zero-order valence-electron chi connectivity index (χ0n) is 13.6. The fourth-order valence-electron chi connectivity index (χ4n) is 2.90. The van der Waals surface area contributed by atoms with E-state index in [0.29, 0.717) is 6.54 Å². The number of hydrogen-bond donors (Lipinski definition) is 0. The molecule has 5 nitrogen and oxygen atoms in total. The number of anilines is 1. The highest BCUT2D eigenvalue weighted by atomic mass is 32.2. The van der Waals surface area contributed by atoms with Gasteiger partial charge in [-0.2, -0.15) is 4.31 Å². The van der Waals surface area contributed by atoms with Crippen molar-refractivity contribution in [3.8, 4) is 0 Å². The first-order valence-corrected chi connectivity index (χ1v) is 9.40. The van der Waals surface area contributed by atoms with Crippen molar-refractivity contribution < 1.29 is 13.2 Å². The number of hydrogen-bond acceptors (Lipinski definition) is 3. The van der Waals surface area contributed by atoms with Crippen molar-refractivity contribution in [2.75, 3.05) is 24.2 Å². The third-order valence-electron chi connectivity index (χ3n) is 3.83. The molecule has 0 saturated heterocycles. The van der Waals surface area contributed by atoms with E-state index in [2.05, 4.69) is 0 Å². The van der Waals surface area contributed by atoms with Crippen LogP contribution in [0.2, 0.25) is 0 Å². The fourth-order valence-corrected chi connectivity index (χ4v) is 3.81. The lowest BCUT2D eigenvalue weighted by atomic mass is 10.1. The Morgan fingerprint density at radius 3 is 2.59 bits per heavy atom. The molecule has 22 heavy (non-hydrogen) atoms. The lowest BCUT2D eigenvalue weighted by Gasteiger charge is -2.27. The molecule has 0 aromatic heterocycles. The maximum absolute atomic E-state index is 12.7. The van der Waals surface area contributed by atoms with Gasteiger partial charge in [-0.15, -0.1) is 0 Å². The van der Waals surface area contributed by atoms with Crippen LogP contribution >= 0.6 is 0 Å². The number of sulfonamides is 1. The maximum atomic E-state index is 12.7. The molecule has 6 heteroatoms. The molecule has 0 saturated carbocycles. The molecule has 0 aliphatic carbocycles. The maximum Gasteiger partial charge on any atom is 0.242 e. The van der Waals surface area contributed by atoms with Crippen LogP contribution in [0.5, 0.6) is 0 Å². The van der Waals surface area contributed by atoms with Crippen LogP contribution in [0, 0.1) is 5.92 Å². The van der Waals surface area contributed by atoms with E-state index >= 15 is 0 Å². The molecule has 1 amide bonds. The SMILES string of the molecule is CC(C)CN(CC(=O)N1c2ccccc2CC1C)S(C)(=O)=O. The van der Waals surface area contributed by atoms with E-state index in [0.717, 1.165) is 23.9 Å². The molecule has 0 N–H and O–H groups in total. The molecule has 0 fully saturated rings. The highest BCUT2D eigenvalue weighted by Gasteiger charge is 2.32. The van der Waals surface area contributed by atoms with Gasteiger partial charge >= 0.3 is 0 Å². The second kappa shape index (κ2) is 6.38. The Labute approximate surface area is 133 Å². The van der Waals surface area contributed by atoms with Crippen LogP contribution in [0.15, 0.2) is 24.3 Å². The third-order valence-corrected chi connectivity index (χ3v) is 5.04. The number of para-hydroxylation sites is 1. The smallest absolute Gasteiger partial charge is 0.242 e. The molecule has 1 aromatic carbocycles. The summed E-state index contributed by atoms with van der Waals surface area (Å²) in [4.78, 5) is 14.4. The monoisotopic (exact) mass is 324 g/mol. The minimum absolute atomic E-state index is 0.0605. The van der Waals surface area contributed by atoms with Gasteiger partial charge in [0.05, 0.1) is 12.8 Å². The average Bonchev–Trinajstić information content (AvgIpc) is 2.72. The van der Waals surface area contributed by atoms with Crippen molar-refractivity contribution in [3.63, 3.8) is 0 Å². The Morgan fingerprint density at radius 1 is 1.36 bits per heavy atom. The van der Waals surface area contributed by atoms with Crippen molar-refractivity contribution in [2.45, 2.75) is 33.2 Å². The van der Waals surface area contributed by atoms with Gasteiger partial charge in [0.2, 0.25) is 15.9 Å². The van der Waals surface area contributed by atoms with Gasteiger partial charge in [0, 0.05) is 18.3 Å². The molecule has 0 bridgehead atoms. The topological polar surface area (TPSA) is 57.7 Å². The van der Waals surface area contributed by atoms with Crippen LogP contribution in [-0.2, 0) is 21.2 Å². The van der Waals surface area contributed by atoms with E-state index in [1.807, 2.05) is 45.0 Å². The third kappa shape index (κ3) is 3.67. The fraction of sp³-hybridized carbons (Fsp3) is 0.562. The largest absolute Gasteiger partial charge is 0.308 e. The molecular formula is C16H24N2O3S. The standard InChI is InChI=1S/C16H24N2O3S/c1-12(2)10-17(22(4,20)21)11-16(19)18-13(3)9-14-7-5-6-8-15(14)18/h5-8,12-13H,9-11H2,1-4H3. The molecule has 1 atom stereocenters. The number of amides is 1. The molecule has 122 valence electrons.